The van der Waals surface area contributed by atoms with Gasteiger partial charge < -0.3 is 8.94 Å². The highest BCUT2D eigenvalue weighted by atomic mass is 16.5. The van der Waals surface area contributed by atoms with Crippen molar-refractivity contribution < 1.29 is 8.94 Å². The molecule has 0 saturated carbocycles. The zero-order valence-electron chi connectivity index (χ0n) is 14.2. The highest BCUT2D eigenvalue weighted by molar-refractivity contribution is 5.60. The number of fused-ring (bicyclic) bond motifs is 2. The summed E-state index contributed by atoms with van der Waals surface area (Å²) in [5.74, 6) is 0.716. The Bertz CT molecular complexity index is 1140. The first-order valence-corrected chi connectivity index (χ1v) is 8.48. The van der Waals surface area contributed by atoms with E-state index in [2.05, 4.69) is 20.1 Å². The van der Waals surface area contributed by atoms with Gasteiger partial charge in [-0.2, -0.15) is 0 Å². The number of aromatic nitrogens is 4. The molecule has 0 unspecified atom stereocenters. The van der Waals surface area contributed by atoms with Gasteiger partial charge in [-0.05, 0) is 13.0 Å². The van der Waals surface area contributed by atoms with Gasteiger partial charge in [0, 0.05) is 43.8 Å². The first kappa shape index (κ1) is 15.2. The highest BCUT2D eigenvalue weighted by Gasteiger charge is 2.23. The van der Waals surface area contributed by atoms with Crippen molar-refractivity contribution in [3.05, 3.63) is 63.7 Å². The van der Waals surface area contributed by atoms with E-state index in [0.717, 1.165) is 36.3 Å². The van der Waals surface area contributed by atoms with Crippen LogP contribution in [0.4, 0.5) is 0 Å². The molecule has 0 radical (unpaired) electrons. The smallest absolute Gasteiger partial charge is 0.277 e. The van der Waals surface area contributed by atoms with E-state index in [1.54, 1.807) is 12.5 Å². The van der Waals surface area contributed by atoms with Crippen molar-refractivity contribution in [2.24, 2.45) is 0 Å². The van der Waals surface area contributed by atoms with Crippen LogP contribution in [0.1, 0.15) is 22.6 Å². The van der Waals surface area contributed by atoms with Crippen LogP contribution in [0.2, 0.25) is 0 Å². The first-order chi connectivity index (χ1) is 12.7. The summed E-state index contributed by atoms with van der Waals surface area (Å²) < 4.78 is 11.7. The Kier molecular flexibility index (Phi) is 3.32. The Morgan fingerprint density at radius 3 is 3.04 bits per heavy atom. The third-order valence-corrected chi connectivity index (χ3v) is 4.73. The molecule has 132 valence electrons. The van der Waals surface area contributed by atoms with Gasteiger partial charge >= 0.3 is 0 Å². The van der Waals surface area contributed by atoms with Gasteiger partial charge in [0.25, 0.3) is 5.56 Å². The van der Waals surface area contributed by atoms with Gasteiger partial charge in [-0.3, -0.25) is 14.8 Å². The molecule has 1 N–H and O–H groups in total. The number of hydrogen-bond donors (Lipinski definition) is 1. The van der Waals surface area contributed by atoms with Gasteiger partial charge in [0.1, 0.15) is 11.5 Å². The van der Waals surface area contributed by atoms with E-state index < -0.39 is 0 Å². The second kappa shape index (κ2) is 5.70. The van der Waals surface area contributed by atoms with Crippen LogP contribution in [0.5, 0.6) is 0 Å². The maximum Gasteiger partial charge on any atom is 0.277 e. The van der Waals surface area contributed by atoms with Gasteiger partial charge in [0.05, 0.1) is 29.5 Å². The van der Waals surface area contributed by atoms with Crippen molar-refractivity contribution in [3.8, 4) is 11.4 Å². The molecule has 8 heteroatoms. The fourth-order valence-corrected chi connectivity index (χ4v) is 3.44. The number of furan rings is 1. The molecule has 0 amide bonds. The lowest BCUT2D eigenvalue weighted by atomic mass is 10.1. The maximum absolute atomic E-state index is 13.0. The number of nitrogens with one attached hydrogen (secondary N) is 1. The van der Waals surface area contributed by atoms with Crippen LogP contribution in [0.15, 0.2) is 44.5 Å². The topological polar surface area (TPSA) is 92.6 Å². The predicted octanol–water partition coefficient (Wildman–Crippen LogP) is 2.14. The van der Waals surface area contributed by atoms with Gasteiger partial charge in [-0.1, -0.05) is 5.16 Å². The highest BCUT2D eigenvalue weighted by Crippen LogP contribution is 2.21. The molecule has 26 heavy (non-hydrogen) atoms. The van der Waals surface area contributed by atoms with Crippen molar-refractivity contribution in [3.63, 3.8) is 0 Å². The summed E-state index contributed by atoms with van der Waals surface area (Å²) in [6, 6.07) is 5.60. The maximum atomic E-state index is 13.0. The van der Waals surface area contributed by atoms with Crippen molar-refractivity contribution >= 4 is 5.65 Å². The van der Waals surface area contributed by atoms with E-state index in [9.17, 15) is 4.79 Å². The van der Waals surface area contributed by atoms with Crippen molar-refractivity contribution in [1.29, 1.82) is 0 Å². The van der Waals surface area contributed by atoms with E-state index in [4.69, 9.17) is 8.94 Å². The second-order valence-corrected chi connectivity index (χ2v) is 6.62. The number of rotatable bonds is 3. The minimum Gasteiger partial charge on any atom is -0.472 e. The average molecular weight is 351 g/mol. The summed E-state index contributed by atoms with van der Waals surface area (Å²) in [6.45, 7) is 4.02. The van der Waals surface area contributed by atoms with Gasteiger partial charge in [-0.15, -0.1) is 0 Å². The number of hydrogen-bond acceptors (Lipinski definition) is 6. The molecule has 1 aliphatic heterocycles. The van der Waals surface area contributed by atoms with Crippen molar-refractivity contribution in [1.82, 2.24) is 24.7 Å². The lowest BCUT2D eigenvalue weighted by molar-refractivity contribution is 0.241. The zero-order chi connectivity index (χ0) is 17.7. The molecule has 4 aromatic rings. The van der Waals surface area contributed by atoms with Crippen LogP contribution in [0, 0.1) is 6.92 Å². The molecule has 5 rings (SSSR count). The fraction of sp³-hybridized carbons (Fsp3) is 0.278. The van der Waals surface area contributed by atoms with Crippen LogP contribution in [-0.4, -0.2) is 31.2 Å². The summed E-state index contributed by atoms with van der Waals surface area (Å²) >= 11 is 0. The van der Waals surface area contributed by atoms with Crippen LogP contribution < -0.4 is 5.56 Å². The standard InChI is InChI=1S/C18H17N5O3/c1-11-6-16(21-26-11)15-7-17-19-14-2-4-22(8-12-3-5-25-10-12)9-13(14)18(24)23(17)20-15/h3,5-7,10,20H,2,4,8-9H2,1H3. The molecule has 0 saturated heterocycles. The summed E-state index contributed by atoms with van der Waals surface area (Å²) in [4.78, 5) is 19.9. The van der Waals surface area contributed by atoms with Gasteiger partial charge in [0.15, 0.2) is 5.65 Å². The Labute approximate surface area is 148 Å². The predicted molar refractivity (Wildman–Crippen MR) is 92.6 cm³/mol. The van der Waals surface area contributed by atoms with Crippen molar-refractivity contribution in [2.75, 3.05) is 6.54 Å². The molecular formula is C18H17N5O3. The number of aromatic amines is 1. The van der Waals surface area contributed by atoms with Crippen LogP contribution in [0.25, 0.3) is 17.0 Å². The van der Waals surface area contributed by atoms with Gasteiger partial charge in [-0.25, -0.2) is 9.50 Å². The second-order valence-electron chi connectivity index (χ2n) is 6.62. The fourth-order valence-electron chi connectivity index (χ4n) is 3.44. The van der Waals surface area contributed by atoms with E-state index >= 15 is 0 Å². The Balaban J connectivity index is 1.52. The Hall–Kier alpha value is -3.13. The molecule has 4 aromatic heterocycles. The molecule has 0 fully saturated rings. The SMILES string of the molecule is Cc1cc(-c2cc3nc4c(c(=O)n3[nH]2)CN(Cc2ccoc2)CC4)no1. The molecule has 0 bridgehead atoms. The molecule has 0 aliphatic carbocycles. The molecule has 0 spiro atoms. The summed E-state index contributed by atoms with van der Waals surface area (Å²) in [7, 11) is 0. The Morgan fingerprint density at radius 2 is 2.27 bits per heavy atom. The monoisotopic (exact) mass is 351 g/mol. The van der Waals surface area contributed by atoms with Crippen LogP contribution in [0.3, 0.4) is 0 Å². The quantitative estimate of drug-likeness (QED) is 0.608. The largest absolute Gasteiger partial charge is 0.472 e. The summed E-state index contributed by atoms with van der Waals surface area (Å²) in [6.07, 6.45) is 4.16. The third-order valence-electron chi connectivity index (χ3n) is 4.73. The third kappa shape index (κ3) is 2.46. The number of nitrogens with zero attached hydrogens (tertiary/aromatic N) is 4. The zero-order valence-corrected chi connectivity index (χ0v) is 14.2. The number of aryl methyl sites for hydroxylation is 1. The normalized spacial score (nSPS) is 14.8. The van der Waals surface area contributed by atoms with Crippen LogP contribution >= 0.6 is 0 Å². The van der Waals surface area contributed by atoms with E-state index in [-0.39, 0.29) is 5.56 Å². The van der Waals surface area contributed by atoms with Crippen molar-refractivity contribution in [2.45, 2.75) is 26.4 Å². The van der Waals surface area contributed by atoms with E-state index in [0.29, 0.717) is 29.3 Å². The average Bonchev–Trinajstić information content (AvgIpc) is 3.36. The van der Waals surface area contributed by atoms with Crippen LogP contribution in [-0.2, 0) is 19.5 Å². The van der Waals surface area contributed by atoms with E-state index in [1.807, 2.05) is 25.1 Å². The minimum absolute atomic E-state index is 0.0617. The molecule has 8 nitrogen and oxygen atoms in total. The van der Waals surface area contributed by atoms with E-state index in [1.165, 1.54) is 4.52 Å². The molecule has 1 aliphatic rings. The molecular weight excluding hydrogens is 334 g/mol. The first-order valence-electron chi connectivity index (χ1n) is 8.48. The molecule has 5 heterocycles. The minimum atomic E-state index is -0.0617. The summed E-state index contributed by atoms with van der Waals surface area (Å²) in [5, 5.41) is 7.09. The number of H-pyrrole nitrogens is 1. The lowest BCUT2D eigenvalue weighted by Crippen LogP contribution is -2.36. The molecule has 0 atom stereocenters. The summed E-state index contributed by atoms with van der Waals surface area (Å²) in [5.41, 5.74) is 4.63. The molecule has 0 aromatic carbocycles. The van der Waals surface area contributed by atoms with Gasteiger partial charge in [0.2, 0.25) is 0 Å². The Morgan fingerprint density at radius 1 is 1.35 bits per heavy atom. The lowest BCUT2D eigenvalue weighted by Gasteiger charge is -2.26.